The van der Waals surface area contributed by atoms with Crippen LogP contribution in [-0.4, -0.2) is 48.7 Å². The van der Waals surface area contributed by atoms with E-state index in [-0.39, 0.29) is 22.0 Å². The Morgan fingerprint density at radius 3 is 2.63 bits per heavy atom. The van der Waals surface area contributed by atoms with Crippen molar-refractivity contribution in [2.24, 2.45) is 5.92 Å². The number of methoxy groups -OCH3 is 1. The highest BCUT2D eigenvalue weighted by Crippen LogP contribution is 2.46. The van der Waals surface area contributed by atoms with E-state index in [4.69, 9.17) is 18.9 Å². The molecule has 1 saturated heterocycles. The van der Waals surface area contributed by atoms with Crippen molar-refractivity contribution < 1.29 is 38.0 Å². The number of aliphatic hydroxyl groups excluding tert-OH is 1. The summed E-state index contributed by atoms with van der Waals surface area (Å²) in [7, 11) is 1.50. The van der Waals surface area contributed by atoms with E-state index in [0.29, 0.717) is 64.5 Å². The van der Waals surface area contributed by atoms with E-state index in [0.717, 1.165) is 17.8 Å². The van der Waals surface area contributed by atoms with E-state index in [9.17, 15) is 19.1 Å². The number of benzene rings is 3. The lowest BCUT2D eigenvalue weighted by Gasteiger charge is -2.24. The number of nitrogens with zero attached hydrogens (tertiary/aromatic N) is 2. The zero-order chi connectivity index (χ0) is 30.2. The Kier molecular flexibility index (Phi) is 7.66. The van der Waals surface area contributed by atoms with Crippen LogP contribution in [0.25, 0.3) is 16.0 Å². The summed E-state index contributed by atoms with van der Waals surface area (Å²) < 4.78 is 37.3. The van der Waals surface area contributed by atoms with Gasteiger partial charge in [0.15, 0.2) is 28.1 Å². The molecule has 3 aromatic carbocycles. The van der Waals surface area contributed by atoms with Crippen molar-refractivity contribution in [2.75, 3.05) is 31.8 Å². The average Bonchev–Trinajstić information content (AvgIpc) is 3.53. The molecule has 222 valence electrons. The van der Waals surface area contributed by atoms with E-state index in [1.807, 2.05) is 0 Å². The van der Waals surface area contributed by atoms with Crippen LogP contribution in [0.4, 0.5) is 9.52 Å². The molecule has 0 saturated carbocycles. The Hall–Kier alpha value is -4.64. The molecular weight excluding hydrogens is 575 g/mol. The molecule has 43 heavy (non-hydrogen) atoms. The van der Waals surface area contributed by atoms with Gasteiger partial charge in [0.1, 0.15) is 24.8 Å². The van der Waals surface area contributed by atoms with E-state index in [2.05, 4.69) is 18.8 Å². The highest BCUT2D eigenvalue weighted by atomic mass is 32.1. The topological polar surface area (TPSA) is 107 Å². The maximum absolute atomic E-state index is 14.0. The van der Waals surface area contributed by atoms with Crippen molar-refractivity contribution in [3.8, 4) is 23.0 Å². The summed E-state index contributed by atoms with van der Waals surface area (Å²) in [6, 6.07) is 13.0. The van der Waals surface area contributed by atoms with E-state index in [1.165, 1.54) is 30.2 Å². The summed E-state index contributed by atoms with van der Waals surface area (Å²) in [6.07, 6.45) is 0.846. The number of aromatic nitrogens is 1. The van der Waals surface area contributed by atoms with Crippen LogP contribution in [0.1, 0.15) is 37.4 Å². The molecule has 2 aliphatic heterocycles. The highest BCUT2D eigenvalue weighted by Gasteiger charge is 2.48. The molecule has 0 bridgehead atoms. The first-order valence-corrected chi connectivity index (χ1v) is 14.6. The zero-order valence-electron chi connectivity index (χ0n) is 23.8. The third-order valence-corrected chi connectivity index (χ3v) is 8.28. The number of hydrogen-bond acceptors (Lipinski definition) is 9. The van der Waals surface area contributed by atoms with Crippen LogP contribution in [-0.2, 0) is 9.59 Å². The fourth-order valence-corrected chi connectivity index (χ4v) is 6.08. The van der Waals surface area contributed by atoms with Gasteiger partial charge in [-0.2, -0.15) is 0 Å². The Bertz CT molecular complexity index is 1770. The summed E-state index contributed by atoms with van der Waals surface area (Å²) in [5, 5.41) is 11.8. The summed E-state index contributed by atoms with van der Waals surface area (Å²) in [5.74, 6) is -0.308. The van der Waals surface area contributed by atoms with Crippen LogP contribution < -0.4 is 23.8 Å². The van der Waals surface area contributed by atoms with Gasteiger partial charge in [-0.3, -0.25) is 14.5 Å². The maximum Gasteiger partial charge on any atom is 0.301 e. The number of aliphatic hydroxyl groups is 1. The summed E-state index contributed by atoms with van der Waals surface area (Å²) in [4.78, 5) is 33.1. The molecule has 1 aromatic heterocycles. The second kappa shape index (κ2) is 11.6. The Morgan fingerprint density at radius 2 is 1.86 bits per heavy atom. The minimum Gasteiger partial charge on any atom is -0.507 e. The van der Waals surface area contributed by atoms with E-state index in [1.54, 1.807) is 36.4 Å². The van der Waals surface area contributed by atoms with E-state index >= 15 is 0 Å². The van der Waals surface area contributed by atoms with Crippen molar-refractivity contribution in [2.45, 2.75) is 26.3 Å². The first-order chi connectivity index (χ1) is 20.7. The Balaban J connectivity index is 1.49. The monoisotopic (exact) mass is 604 g/mol. The predicted molar refractivity (Wildman–Crippen MR) is 160 cm³/mol. The van der Waals surface area contributed by atoms with Gasteiger partial charge in [0, 0.05) is 5.56 Å². The molecule has 2 aliphatic rings. The van der Waals surface area contributed by atoms with Crippen LogP contribution >= 0.6 is 11.3 Å². The molecule has 0 radical (unpaired) electrons. The predicted octanol–water partition coefficient (Wildman–Crippen LogP) is 6.27. The van der Waals surface area contributed by atoms with Crippen molar-refractivity contribution in [1.29, 1.82) is 0 Å². The number of fused-ring (bicyclic) bond motifs is 2. The van der Waals surface area contributed by atoms with Crippen molar-refractivity contribution >= 4 is 44.1 Å². The molecule has 1 unspecified atom stereocenters. The van der Waals surface area contributed by atoms with Gasteiger partial charge < -0.3 is 24.1 Å². The largest absolute Gasteiger partial charge is 0.507 e. The number of Topliss-reactive ketones (excluding diaryl/α,β-unsaturated/α-hetero) is 1. The molecule has 11 heteroatoms. The van der Waals surface area contributed by atoms with Crippen molar-refractivity contribution in [3.05, 3.63) is 77.1 Å². The number of hydrogen-bond donors (Lipinski definition) is 1. The lowest BCUT2D eigenvalue weighted by atomic mass is 9.95. The van der Waals surface area contributed by atoms with Crippen molar-refractivity contribution in [3.63, 3.8) is 0 Å². The third kappa shape index (κ3) is 5.36. The van der Waals surface area contributed by atoms with Gasteiger partial charge >= 0.3 is 5.91 Å². The average molecular weight is 605 g/mol. The van der Waals surface area contributed by atoms with Gasteiger partial charge in [-0.25, -0.2) is 9.37 Å². The number of carbonyl (C=O) groups excluding carboxylic acids is 2. The highest BCUT2D eigenvalue weighted by molar-refractivity contribution is 7.22. The van der Waals surface area contributed by atoms with Gasteiger partial charge in [-0.15, -0.1) is 0 Å². The molecule has 1 N–H and O–H groups in total. The lowest BCUT2D eigenvalue weighted by molar-refractivity contribution is -0.132. The number of anilines is 1. The summed E-state index contributed by atoms with van der Waals surface area (Å²) in [5.41, 5.74) is 1.10. The number of carbonyl (C=O) groups is 2. The molecule has 0 spiro atoms. The quantitative estimate of drug-likeness (QED) is 0.143. The molecule has 1 atom stereocenters. The van der Waals surface area contributed by atoms with Crippen LogP contribution in [0.5, 0.6) is 23.0 Å². The minimum absolute atomic E-state index is 0.136. The number of ketones is 1. The summed E-state index contributed by atoms with van der Waals surface area (Å²) >= 11 is 1.07. The minimum atomic E-state index is -1.07. The van der Waals surface area contributed by atoms with Crippen molar-refractivity contribution in [1.82, 2.24) is 4.98 Å². The number of ether oxygens (including phenoxy) is 4. The van der Waals surface area contributed by atoms with Gasteiger partial charge in [-0.1, -0.05) is 31.3 Å². The van der Waals surface area contributed by atoms with Crippen LogP contribution in [0.15, 0.2) is 60.2 Å². The van der Waals surface area contributed by atoms with E-state index < -0.39 is 23.5 Å². The molecular formula is C32H29FN2O7S. The van der Waals surface area contributed by atoms with Gasteiger partial charge in [-0.05, 0) is 66.4 Å². The molecule has 6 rings (SSSR count). The molecule has 9 nitrogen and oxygen atoms in total. The normalized spacial score (nSPS) is 17.6. The second-order valence-corrected chi connectivity index (χ2v) is 11.6. The van der Waals surface area contributed by atoms with Crippen LogP contribution in [0, 0.1) is 11.7 Å². The molecule has 1 amide bonds. The maximum atomic E-state index is 14.0. The number of thiazole rings is 1. The smallest absolute Gasteiger partial charge is 0.301 e. The first-order valence-electron chi connectivity index (χ1n) is 13.8. The molecule has 3 heterocycles. The number of halogens is 1. The Labute approximate surface area is 251 Å². The lowest BCUT2D eigenvalue weighted by Crippen LogP contribution is -2.29. The second-order valence-electron chi connectivity index (χ2n) is 10.6. The van der Waals surface area contributed by atoms with Gasteiger partial charge in [0.05, 0.1) is 35.5 Å². The molecule has 1 fully saturated rings. The summed E-state index contributed by atoms with van der Waals surface area (Å²) in [6.45, 7) is 5.42. The zero-order valence-corrected chi connectivity index (χ0v) is 24.6. The number of rotatable bonds is 8. The van der Waals surface area contributed by atoms with Crippen LogP contribution in [0.3, 0.4) is 0 Å². The Morgan fingerprint density at radius 1 is 1.07 bits per heavy atom. The standard InChI is InChI=1S/C32H29FN2O7S/c1-17(2)10-11-40-22-8-4-18(14-24(22)39-3)28-27(29(36)19-5-9-23-25(15-19)42-13-12-41-23)30(37)31(38)35(28)32-34-21-7-6-20(33)16-26(21)43-32/h4-9,14-17,28,36H,10-13H2,1-3H3. The number of amides is 1. The van der Waals surface area contributed by atoms with Crippen LogP contribution in [0.2, 0.25) is 0 Å². The molecule has 4 aromatic rings. The first kappa shape index (κ1) is 28.5. The fraction of sp³-hybridized carbons (Fsp3) is 0.281. The fourth-order valence-electron chi connectivity index (χ4n) is 5.06. The third-order valence-electron chi connectivity index (χ3n) is 7.26. The molecule has 0 aliphatic carbocycles. The van der Waals surface area contributed by atoms with Gasteiger partial charge in [0.25, 0.3) is 5.78 Å². The van der Waals surface area contributed by atoms with Gasteiger partial charge in [0.2, 0.25) is 0 Å². The SMILES string of the molecule is COc1cc(C2C(=C(O)c3ccc4c(c3)OCCO4)C(=O)C(=O)N2c2nc3ccc(F)cc3s2)ccc1OCCC(C)C.